The topological polar surface area (TPSA) is 44.5 Å². The van der Waals surface area contributed by atoms with Gasteiger partial charge in [0.15, 0.2) is 0 Å². The number of nitrogens with two attached hydrogens (primary N) is 1. The van der Waals surface area contributed by atoms with Gasteiger partial charge in [0.2, 0.25) is 0 Å². The minimum absolute atomic E-state index is 0.0470. The summed E-state index contributed by atoms with van der Waals surface area (Å²) in [5.41, 5.74) is 5.69. The maximum absolute atomic E-state index is 5.88. The zero-order chi connectivity index (χ0) is 10.7. The molecule has 1 aliphatic rings. The zero-order valence-corrected chi connectivity index (χ0v) is 9.89. The molecule has 2 rings (SSSR count). The van der Waals surface area contributed by atoms with Gasteiger partial charge in [0, 0.05) is 18.0 Å². The van der Waals surface area contributed by atoms with Gasteiger partial charge in [-0.2, -0.15) is 0 Å². The molecule has 2 N–H and O–H groups in total. The first-order valence-electron chi connectivity index (χ1n) is 4.98. The number of rotatable bonds is 4. The smallest absolute Gasteiger partial charge is 0.104 e. The highest BCUT2D eigenvalue weighted by atomic mass is 35.5. The lowest BCUT2D eigenvalue weighted by atomic mass is 10.2. The summed E-state index contributed by atoms with van der Waals surface area (Å²) >= 11 is 7.40. The molecular formula is C10H14ClNO2S. The second kappa shape index (κ2) is 5.27. The molecule has 3 nitrogen and oxygen atoms in total. The number of halogens is 1. The number of thiophene rings is 1. The van der Waals surface area contributed by atoms with Crippen molar-refractivity contribution in [1.82, 2.24) is 0 Å². The average Bonchev–Trinajstić information content (AvgIpc) is 2.85. The van der Waals surface area contributed by atoms with Crippen molar-refractivity contribution in [1.29, 1.82) is 0 Å². The van der Waals surface area contributed by atoms with E-state index >= 15 is 0 Å². The molecule has 0 spiro atoms. The van der Waals surface area contributed by atoms with Gasteiger partial charge in [-0.05, 0) is 18.6 Å². The molecule has 0 aliphatic carbocycles. The molecule has 1 aromatic rings. The molecule has 0 bridgehead atoms. The first kappa shape index (κ1) is 11.4. The molecule has 15 heavy (non-hydrogen) atoms. The predicted octanol–water partition coefficient (Wildman–Crippen LogP) is 2.21. The van der Waals surface area contributed by atoms with E-state index in [1.54, 1.807) is 0 Å². The fraction of sp³-hybridized carbons (Fsp3) is 0.600. The monoisotopic (exact) mass is 247 g/mol. The van der Waals surface area contributed by atoms with Gasteiger partial charge in [-0.1, -0.05) is 11.6 Å². The molecule has 0 saturated carbocycles. The van der Waals surface area contributed by atoms with E-state index < -0.39 is 0 Å². The van der Waals surface area contributed by atoms with Crippen LogP contribution in [0.1, 0.15) is 17.4 Å². The summed E-state index contributed by atoms with van der Waals surface area (Å²) < 4.78 is 11.9. The Morgan fingerprint density at radius 2 is 2.53 bits per heavy atom. The van der Waals surface area contributed by atoms with Gasteiger partial charge in [0.05, 0.1) is 17.0 Å². The van der Waals surface area contributed by atoms with E-state index in [0.717, 1.165) is 22.2 Å². The molecule has 2 atom stereocenters. The van der Waals surface area contributed by atoms with Crippen molar-refractivity contribution in [3.63, 3.8) is 0 Å². The van der Waals surface area contributed by atoms with Gasteiger partial charge in [0.25, 0.3) is 0 Å². The van der Waals surface area contributed by atoms with Crippen LogP contribution < -0.4 is 5.73 Å². The van der Waals surface area contributed by atoms with Crippen LogP contribution in [0.3, 0.4) is 0 Å². The first-order chi connectivity index (χ1) is 7.29. The summed E-state index contributed by atoms with van der Waals surface area (Å²) in [6.45, 7) is 1.94. The van der Waals surface area contributed by atoms with E-state index in [0.29, 0.717) is 13.2 Å². The lowest BCUT2D eigenvalue weighted by Crippen LogP contribution is -2.22. The van der Waals surface area contributed by atoms with Crippen molar-refractivity contribution in [2.45, 2.75) is 18.6 Å². The largest absolute Gasteiger partial charge is 0.379 e. The molecule has 1 aromatic heterocycles. The standard InChI is InChI=1S/C10H14ClNO2S/c11-10-2-1-9(15-10)8(5-12)14-7-3-4-13-6-7/h1-2,7-8H,3-6,12H2. The fourth-order valence-electron chi connectivity index (χ4n) is 1.59. The normalized spacial score (nSPS) is 23.2. The molecule has 0 radical (unpaired) electrons. The van der Waals surface area contributed by atoms with E-state index in [-0.39, 0.29) is 12.2 Å². The molecule has 0 aromatic carbocycles. The van der Waals surface area contributed by atoms with E-state index in [1.165, 1.54) is 11.3 Å². The Bertz CT molecular complexity index is 312. The molecule has 1 fully saturated rings. The second-order valence-electron chi connectivity index (χ2n) is 3.49. The summed E-state index contributed by atoms with van der Waals surface area (Å²) in [4.78, 5) is 1.09. The van der Waals surface area contributed by atoms with Gasteiger partial charge in [0.1, 0.15) is 6.10 Å². The van der Waals surface area contributed by atoms with Gasteiger partial charge in [-0.3, -0.25) is 0 Å². The van der Waals surface area contributed by atoms with Crippen LogP contribution in [0, 0.1) is 0 Å². The van der Waals surface area contributed by atoms with Crippen LogP contribution in [0.15, 0.2) is 12.1 Å². The lowest BCUT2D eigenvalue weighted by molar-refractivity contribution is -0.0108. The highest BCUT2D eigenvalue weighted by molar-refractivity contribution is 7.16. The van der Waals surface area contributed by atoms with Gasteiger partial charge in [-0.25, -0.2) is 0 Å². The third-order valence-corrected chi connectivity index (χ3v) is 3.69. The summed E-state index contributed by atoms with van der Waals surface area (Å²) in [7, 11) is 0. The Kier molecular flexibility index (Phi) is 3.99. The van der Waals surface area contributed by atoms with E-state index in [1.807, 2.05) is 12.1 Å². The highest BCUT2D eigenvalue weighted by Gasteiger charge is 2.22. The SMILES string of the molecule is NCC(OC1CCOC1)c1ccc(Cl)s1. The van der Waals surface area contributed by atoms with E-state index in [2.05, 4.69) is 0 Å². The zero-order valence-electron chi connectivity index (χ0n) is 8.32. The molecular weight excluding hydrogens is 234 g/mol. The first-order valence-corrected chi connectivity index (χ1v) is 6.17. The average molecular weight is 248 g/mol. The fourth-order valence-corrected chi connectivity index (χ4v) is 2.70. The Balaban J connectivity index is 1.97. The number of hydrogen-bond acceptors (Lipinski definition) is 4. The summed E-state index contributed by atoms with van der Waals surface area (Å²) in [5, 5.41) is 0. The van der Waals surface area contributed by atoms with E-state index in [9.17, 15) is 0 Å². The van der Waals surface area contributed by atoms with Crippen molar-refractivity contribution < 1.29 is 9.47 Å². The molecule has 1 saturated heterocycles. The number of ether oxygens (including phenoxy) is 2. The Hall–Kier alpha value is -0.130. The van der Waals surface area contributed by atoms with Crippen LogP contribution in [0.5, 0.6) is 0 Å². The van der Waals surface area contributed by atoms with Crippen molar-refractivity contribution >= 4 is 22.9 Å². The van der Waals surface area contributed by atoms with E-state index in [4.69, 9.17) is 26.8 Å². The predicted molar refractivity (Wildman–Crippen MR) is 61.4 cm³/mol. The molecule has 84 valence electrons. The van der Waals surface area contributed by atoms with Crippen LogP contribution >= 0.6 is 22.9 Å². The van der Waals surface area contributed by atoms with Crippen LogP contribution in [-0.4, -0.2) is 25.9 Å². The van der Waals surface area contributed by atoms with Crippen LogP contribution in [0.4, 0.5) is 0 Å². The summed E-state index contributed by atoms with van der Waals surface area (Å²) in [5.74, 6) is 0. The van der Waals surface area contributed by atoms with Crippen LogP contribution in [0.25, 0.3) is 0 Å². The minimum atomic E-state index is -0.0470. The Morgan fingerprint density at radius 3 is 3.07 bits per heavy atom. The molecule has 0 amide bonds. The highest BCUT2D eigenvalue weighted by Crippen LogP contribution is 2.30. The van der Waals surface area contributed by atoms with Crippen molar-refractivity contribution in [2.75, 3.05) is 19.8 Å². The summed E-state index contributed by atoms with van der Waals surface area (Å²) in [6.07, 6.45) is 1.09. The molecule has 5 heteroatoms. The van der Waals surface area contributed by atoms with Gasteiger partial charge >= 0.3 is 0 Å². The van der Waals surface area contributed by atoms with Crippen molar-refractivity contribution in [3.8, 4) is 0 Å². The van der Waals surface area contributed by atoms with Crippen LogP contribution in [-0.2, 0) is 9.47 Å². The van der Waals surface area contributed by atoms with Crippen molar-refractivity contribution in [2.24, 2.45) is 5.73 Å². The third kappa shape index (κ3) is 2.92. The van der Waals surface area contributed by atoms with Crippen LogP contribution in [0.2, 0.25) is 4.34 Å². The Morgan fingerprint density at radius 1 is 1.67 bits per heavy atom. The lowest BCUT2D eigenvalue weighted by Gasteiger charge is -2.18. The van der Waals surface area contributed by atoms with Gasteiger partial charge < -0.3 is 15.2 Å². The molecule has 2 heterocycles. The second-order valence-corrected chi connectivity index (χ2v) is 5.23. The minimum Gasteiger partial charge on any atom is -0.379 e. The number of hydrogen-bond donors (Lipinski definition) is 1. The molecule has 2 unspecified atom stereocenters. The maximum atomic E-state index is 5.88. The Labute approximate surface area is 98.1 Å². The maximum Gasteiger partial charge on any atom is 0.104 e. The molecule has 1 aliphatic heterocycles. The quantitative estimate of drug-likeness (QED) is 0.887. The third-order valence-electron chi connectivity index (χ3n) is 2.37. The van der Waals surface area contributed by atoms with Crippen molar-refractivity contribution in [3.05, 3.63) is 21.3 Å². The van der Waals surface area contributed by atoms with Gasteiger partial charge in [-0.15, -0.1) is 11.3 Å². The summed E-state index contributed by atoms with van der Waals surface area (Å²) in [6, 6.07) is 3.85.